The molecule has 0 atom stereocenters. The fourth-order valence-electron chi connectivity index (χ4n) is 3.28. The minimum atomic E-state index is -1.13. The van der Waals surface area contributed by atoms with Gasteiger partial charge < -0.3 is 24.1 Å². The first-order valence-electron chi connectivity index (χ1n) is 8.56. The highest BCUT2D eigenvalue weighted by Crippen LogP contribution is 2.45. The number of benzene rings is 2. The van der Waals surface area contributed by atoms with E-state index in [1.54, 1.807) is 50.3 Å². The van der Waals surface area contributed by atoms with Crippen LogP contribution in [0.25, 0.3) is 16.9 Å². The second-order valence-corrected chi connectivity index (χ2v) is 7.09. The molecule has 2 aromatic carbocycles. The molecule has 0 saturated carbocycles. The van der Waals surface area contributed by atoms with E-state index in [9.17, 15) is 9.90 Å². The molecule has 0 radical (unpaired) electrons. The maximum Gasteiger partial charge on any atom is 0.356 e. The summed E-state index contributed by atoms with van der Waals surface area (Å²) < 4.78 is 24.1. The first kappa shape index (κ1) is 19.1. The zero-order chi connectivity index (χ0) is 20.7. The van der Waals surface area contributed by atoms with Crippen LogP contribution in [0.2, 0.25) is 0 Å². The van der Waals surface area contributed by atoms with Crippen LogP contribution >= 0.6 is 15.9 Å². The van der Waals surface area contributed by atoms with E-state index in [0.29, 0.717) is 50.0 Å². The van der Waals surface area contributed by atoms with E-state index in [1.165, 1.54) is 0 Å². The van der Waals surface area contributed by atoms with Gasteiger partial charge in [0.05, 0.1) is 42.7 Å². The van der Waals surface area contributed by atoms with Crippen molar-refractivity contribution in [1.82, 2.24) is 9.78 Å². The number of carbonyl (C=O) groups is 1. The van der Waals surface area contributed by atoms with Crippen molar-refractivity contribution in [3.8, 4) is 39.9 Å². The number of rotatable bonds is 5. The van der Waals surface area contributed by atoms with E-state index in [1.807, 2.05) is 6.07 Å². The molecule has 29 heavy (non-hydrogen) atoms. The van der Waals surface area contributed by atoms with Gasteiger partial charge in [0, 0.05) is 29.8 Å². The van der Waals surface area contributed by atoms with E-state index < -0.39 is 5.97 Å². The third-order valence-electron chi connectivity index (χ3n) is 4.65. The first-order chi connectivity index (χ1) is 14.0. The number of fused-ring (bicyclic) bond motifs is 3. The molecule has 1 aliphatic rings. The summed E-state index contributed by atoms with van der Waals surface area (Å²) in [5.41, 5.74) is 2.34. The molecule has 0 saturated heterocycles. The van der Waals surface area contributed by atoms with Crippen molar-refractivity contribution in [3.63, 3.8) is 0 Å². The second-order valence-electron chi connectivity index (χ2n) is 6.24. The Bertz CT molecular complexity index is 1100. The van der Waals surface area contributed by atoms with Crippen LogP contribution in [0.5, 0.6) is 23.0 Å². The Hall–Kier alpha value is -3.20. The molecular weight excluding hydrogens is 444 g/mol. The lowest BCUT2D eigenvalue weighted by Gasteiger charge is -2.21. The average Bonchev–Trinajstić information content (AvgIpc) is 3.13. The van der Waals surface area contributed by atoms with Gasteiger partial charge in [-0.1, -0.05) is 0 Å². The fourth-order valence-corrected chi connectivity index (χ4v) is 3.79. The number of carboxylic acid groups (broad SMARTS) is 1. The SMILES string of the molecule is COc1cc(OC)cc(-n2nc(C(=O)O)c3c2-c2cc(Br)c(OC)cc2OC3)c1. The van der Waals surface area contributed by atoms with Crippen LogP contribution in [0.4, 0.5) is 0 Å². The molecule has 0 fully saturated rings. The second kappa shape index (κ2) is 7.32. The fraction of sp³-hybridized carbons (Fsp3) is 0.200. The van der Waals surface area contributed by atoms with Gasteiger partial charge in [-0.15, -0.1) is 0 Å². The number of hydrogen-bond acceptors (Lipinski definition) is 6. The van der Waals surface area contributed by atoms with Crippen molar-refractivity contribution in [3.05, 3.63) is 46.1 Å². The number of aromatic carboxylic acids is 1. The number of halogens is 1. The molecule has 0 unspecified atom stereocenters. The van der Waals surface area contributed by atoms with Crippen molar-refractivity contribution in [2.75, 3.05) is 21.3 Å². The van der Waals surface area contributed by atoms with Gasteiger partial charge in [0.25, 0.3) is 0 Å². The Morgan fingerprint density at radius 3 is 2.38 bits per heavy atom. The zero-order valence-corrected chi connectivity index (χ0v) is 17.4. The molecular formula is C20H17BrN2O6. The number of carboxylic acids is 1. The molecule has 0 aliphatic carbocycles. The van der Waals surface area contributed by atoms with Gasteiger partial charge in [0.15, 0.2) is 5.69 Å². The molecule has 9 heteroatoms. The van der Waals surface area contributed by atoms with Gasteiger partial charge >= 0.3 is 5.97 Å². The monoisotopic (exact) mass is 460 g/mol. The summed E-state index contributed by atoms with van der Waals surface area (Å²) >= 11 is 3.48. The van der Waals surface area contributed by atoms with E-state index in [-0.39, 0.29) is 12.3 Å². The van der Waals surface area contributed by atoms with Gasteiger partial charge in [-0.25, -0.2) is 9.48 Å². The minimum Gasteiger partial charge on any atom is -0.497 e. The molecule has 1 aromatic heterocycles. The predicted octanol–water partition coefficient (Wildman–Crippen LogP) is 3.92. The predicted molar refractivity (Wildman–Crippen MR) is 108 cm³/mol. The van der Waals surface area contributed by atoms with E-state index in [0.717, 1.165) is 0 Å². The normalized spacial score (nSPS) is 11.9. The van der Waals surface area contributed by atoms with Crippen molar-refractivity contribution in [2.45, 2.75) is 6.61 Å². The molecule has 1 N–H and O–H groups in total. The third-order valence-corrected chi connectivity index (χ3v) is 5.27. The summed E-state index contributed by atoms with van der Waals surface area (Å²) in [6, 6.07) is 8.83. The van der Waals surface area contributed by atoms with E-state index >= 15 is 0 Å². The van der Waals surface area contributed by atoms with Crippen LogP contribution in [0.3, 0.4) is 0 Å². The molecule has 2 heterocycles. The van der Waals surface area contributed by atoms with Crippen LogP contribution < -0.4 is 18.9 Å². The molecule has 4 rings (SSSR count). The standard InChI is InChI=1S/C20H17BrN2O6/c1-26-11-4-10(5-12(6-11)27-2)23-19-13-7-15(21)17(28-3)8-16(13)29-9-14(19)18(22-23)20(24)25/h4-8H,9H2,1-3H3,(H,24,25). The van der Waals surface area contributed by atoms with Crippen LogP contribution in [0, 0.1) is 0 Å². The lowest BCUT2D eigenvalue weighted by molar-refractivity contribution is 0.0687. The van der Waals surface area contributed by atoms with Gasteiger partial charge in [-0.3, -0.25) is 0 Å². The summed E-state index contributed by atoms with van der Waals surface area (Å²) in [5, 5.41) is 14.0. The third kappa shape index (κ3) is 3.17. The summed E-state index contributed by atoms with van der Waals surface area (Å²) in [7, 11) is 4.66. The average molecular weight is 461 g/mol. The molecule has 0 spiro atoms. The topological polar surface area (TPSA) is 92.0 Å². The molecule has 3 aromatic rings. The summed E-state index contributed by atoms with van der Waals surface area (Å²) in [6.07, 6.45) is 0. The maximum absolute atomic E-state index is 11.8. The smallest absolute Gasteiger partial charge is 0.356 e. The summed E-state index contributed by atoms with van der Waals surface area (Å²) in [6.45, 7) is 0.0792. The Morgan fingerprint density at radius 2 is 1.79 bits per heavy atom. The Morgan fingerprint density at radius 1 is 1.10 bits per heavy atom. The lowest BCUT2D eigenvalue weighted by atomic mass is 10.0. The molecule has 0 amide bonds. The van der Waals surface area contributed by atoms with Gasteiger partial charge in [-0.05, 0) is 22.0 Å². The summed E-state index contributed by atoms with van der Waals surface area (Å²) in [5.74, 6) is 1.17. The van der Waals surface area contributed by atoms with E-state index in [2.05, 4.69) is 21.0 Å². The van der Waals surface area contributed by atoms with Gasteiger partial charge in [0.1, 0.15) is 29.6 Å². The number of aromatic nitrogens is 2. The van der Waals surface area contributed by atoms with Crippen LogP contribution in [-0.2, 0) is 6.61 Å². The highest BCUT2D eigenvalue weighted by atomic mass is 79.9. The number of nitrogens with zero attached hydrogens (tertiary/aromatic N) is 2. The van der Waals surface area contributed by atoms with Crippen LogP contribution in [-0.4, -0.2) is 42.2 Å². The van der Waals surface area contributed by atoms with Crippen molar-refractivity contribution < 1.29 is 28.8 Å². The lowest BCUT2D eigenvalue weighted by Crippen LogP contribution is -2.10. The molecule has 8 nitrogen and oxygen atoms in total. The Balaban J connectivity index is 2.01. The Labute approximate surface area is 174 Å². The van der Waals surface area contributed by atoms with Crippen LogP contribution in [0.15, 0.2) is 34.8 Å². The quantitative estimate of drug-likeness (QED) is 0.616. The van der Waals surface area contributed by atoms with Gasteiger partial charge in [0.2, 0.25) is 0 Å². The number of methoxy groups -OCH3 is 3. The molecule has 150 valence electrons. The highest BCUT2D eigenvalue weighted by Gasteiger charge is 2.31. The van der Waals surface area contributed by atoms with Crippen molar-refractivity contribution in [1.29, 1.82) is 0 Å². The number of ether oxygens (including phenoxy) is 4. The first-order valence-corrected chi connectivity index (χ1v) is 9.35. The van der Waals surface area contributed by atoms with Crippen molar-refractivity contribution in [2.24, 2.45) is 0 Å². The Kier molecular flexibility index (Phi) is 4.83. The largest absolute Gasteiger partial charge is 0.497 e. The van der Waals surface area contributed by atoms with Crippen molar-refractivity contribution >= 4 is 21.9 Å². The summed E-state index contributed by atoms with van der Waals surface area (Å²) in [4.78, 5) is 11.8. The van der Waals surface area contributed by atoms with Gasteiger partial charge in [-0.2, -0.15) is 5.10 Å². The molecule has 0 bridgehead atoms. The number of hydrogen-bond donors (Lipinski definition) is 1. The minimum absolute atomic E-state index is 0.0700. The zero-order valence-electron chi connectivity index (χ0n) is 15.9. The molecule has 1 aliphatic heterocycles. The highest BCUT2D eigenvalue weighted by molar-refractivity contribution is 9.10. The van der Waals surface area contributed by atoms with Crippen LogP contribution in [0.1, 0.15) is 16.1 Å². The van der Waals surface area contributed by atoms with E-state index in [4.69, 9.17) is 18.9 Å². The maximum atomic E-state index is 11.8.